The molecule has 1 saturated heterocycles. The van der Waals surface area contributed by atoms with Crippen molar-refractivity contribution in [2.24, 2.45) is 5.73 Å². The number of aliphatic hydroxyl groups is 1. The van der Waals surface area contributed by atoms with Crippen molar-refractivity contribution in [2.75, 3.05) is 39.3 Å². The predicted molar refractivity (Wildman–Crippen MR) is 89.2 cm³/mol. The van der Waals surface area contributed by atoms with Crippen LogP contribution in [0.5, 0.6) is 5.75 Å². The topological polar surface area (TPSA) is 79.0 Å². The quantitative estimate of drug-likeness (QED) is 0.755. The van der Waals surface area contributed by atoms with Gasteiger partial charge in [0.25, 0.3) is 0 Å². The smallest absolute Gasteiger partial charge is 0.239 e. The fourth-order valence-electron chi connectivity index (χ4n) is 2.62. The number of hydrogen-bond donors (Lipinski definition) is 2. The molecule has 2 rings (SSSR count). The van der Waals surface area contributed by atoms with E-state index >= 15 is 0 Å². The number of nitrogens with two attached hydrogens (primary N) is 1. The minimum absolute atomic E-state index is 0.0279. The Morgan fingerprint density at radius 3 is 2.52 bits per heavy atom. The van der Waals surface area contributed by atoms with E-state index in [4.69, 9.17) is 10.5 Å². The van der Waals surface area contributed by atoms with Crippen molar-refractivity contribution in [2.45, 2.75) is 25.5 Å². The maximum Gasteiger partial charge on any atom is 0.239 e. The van der Waals surface area contributed by atoms with Crippen molar-refractivity contribution >= 4 is 5.91 Å². The second kappa shape index (κ2) is 8.86. The standard InChI is InChI=1S/C17H27N3O3/c1-2-16(18)17(22)20-10-8-19(9-11-20)12-14(21)13-23-15-6-4-3-5-7-15/h3-7,14,16,21H,2,8-13,18H2,1H3/t14?,16-/m0/s1. The summed E-state index contributed by atoms with van der Waals surface area (Å²) in [5.41, 5.74) is 5.80. The van der Waals surface area contributed by atoms with Crippen LogP contribution < -0.4 is 10.5 Å². The number of benzene rings is 1. The van der Waals surface area contributed by atoms with E-state index in [-0.39, 0.29) is 12.5 Å². The van der Waals surface area contributed by atoms with Crippen LogP contribution in [0.15, 0.2) is 30.3 Å². The number of para-hydroxylation sites is 1. The van der Waals surface area contributed by atoms with Crippen LogP contribution in [-0.4, -0.2) is 72.3 Å². The van der Waals surface area contributed by atoms with Crippen LogP contribution in [0, 0.1) is 0 Å². The number of rotatable bonds is 7. The first kappa shape index (κ1) is 17.7. The van der Waals surface area contributed by atoms with Gasteiger partial charge < -0.3 is 20.5 Å². The number of amides is 1. The van der Waals surface area contributed by atoms with Crippen molar-refractivity contribution in [1.82, 2.24) is 9.80 Å². The fraction of sp³-hybridized carbons (Fsp3) is 0.588. The van der Waals surface area contributed by atoms with Gasteiger partial charge in [-0.3, -0.25) is 9.69 Å². The molecule has 1 aliphatic heterocycles. The Kier molecular flexibility index (Phi) is 6.83. The molecule has 0 spiro atoms. The molecule has 6 heteroatoms. The zero-order valence-corrected chi connectivity index (χ0v) is 13.7. The Morgan fingerprint density at radius 2 is 1.91 bits per heavy atom. The number of piperazine rings is 1. The molecule has 6 nitrogen and oxygen atoms in total. The zero-order valence-electron chi connectivity index (χ0n) is 13.7. The minimum atomic E-state index is -0.546. The molecule has 0 radical (unpaired) electrons. The highest BCUT2D eigenvalue weighted by molar-refractivity contribution is 5.81. The summed E-state index contributed by atoms with van der Waals surface area (Å²) in [4.78, 5) is 16.0. The predicted octanol–water partition coefficient (Wildman–Crippen LogP) is 0.308. The van der Waals surface area contributed by atoms with Gasteiger partial charge in [-0.2, -0.15) is 0 Å². The molecule has 0 saturated carbocycles. The summed E-state index contributed by atoms with van der Waals surface area (Å²) in [5, 5.41) is 10.1. The van der Waals surface area contributed by atoms with Gasteiger partial charge >= 0.3 is 0 Å². The van der Waals surface area contributed by atoms with Gasteiger partial charge in [-0.1, -0.05) is 25.1 Å². The Balaban J connectivity index is 1.68. The lowest BCUT2D eigenvalue weighted by Crippen LogP contribution is -2.54. The Hall–Kier alpha value is -1.63. The van der Waals surface area contributed by atoms with Crippen molar-refractivity contribution in [1.29, 1.82) is 0 Å². The number of aliphatic hydroxyl groups excluding tert-OH is 1. The maximum absolute atomic E-state index is 12.0. The minimum Gasteiger partial charge on any atom is -0.491 e. The number of β-amino-alcohol motifs (C(OH)–C–C–N with tert-alkyl or cyclic N) is 1. The van der Waals surface area contributed by atoms with Gasteiger partial charge in [0.1, 0.15) is 18.5 Å². The van der Waals surface area contributed by atoms with Crippen LogP contribution in [-0.2, 0) is 4.79 Å². The summed E-state index contributed by atoms with van der Waals surface area (Å²) in [7, 11) is 0. The third-order valence-electron chi connectivity index (χ3n) is 4.10. The van der Waals surface area contributed by atoms with Crippen LogP contribution in [0.3, 0.4) is 0 Å². The van der Waals surface area contributed by atoms with Crippen molar-refractivity contribution < 1.29 is 14.6 Å². The summed E-state index contributed by atoms with van der Waals surface area (Å²) in [5.74, 6) is 0.788. The Bertz CT molecular complexity index is 475. The molecule has 1 aromatic carbocycles. The van der Waals surface area contributed by atoms with Gasteiger partial charge in [-0.25, -0.2) is 0 Å². The summed E-state index contributed by atoms with van der Waals surface area (Å²) in [6.07, 6.45) is 0.115. The molecule has 3 N–H and O–H groups in total. The van der Waals surface area contributed by atoms with Gasteiger partial charge in [0.05, 0.1) is 6.04 Å². The summed E-state index contributed by atoms with van der Waals surface area (Å²) in [6.45, 7) is 5.58. The molecule has 23 heavy (non-hydrogen) atoms. The molecular formula is C17H27N3O3. The second-order valence-electron chi connectivity index (χ2n) is 5.92. The molecule has 1 aliphatic rings. The van der Waals surface area contributed by atoms with Gasteiger partial charge in [-0.05, 0) is 18.6 Å². The highest BCUT2D eigenvalue weighted by atomic mass is 16.5. The van der Waals surface area contributed by atoms with Gasteiger partial charge in [-0.15, -0.1) is 0 Å². The molecule has 0 aromatic heterocycles. The number of ether oxygens (including phenoxy) is 1. The van der Waals surface area contributed by atoms with Crippen LogP contribution in [0.4, 0.5) is 0 Å². The third-order valence-corrected chi connectivity index (χ3v) is 4.10. The Labute approximate surface area is 137 Å². The molecule has 1 fully saturated rings. The van der Waals surface area contributed by atoms with E-state index in [1.165, 1.54) is 0 Å². The Morgan fingerprint density at radius 1 is 1.26 bits per heavy atom. The normalized spacial score (nSPS) is 18.5. The van der Waals surface area contributed by atoms with E-state index < -0.39 is 12.1 Å². The molecule has 2 atom stereocenters. The number of nitrogens with zero attached hydrogens (tertiary/aromatic N) is 2. The lowest BCUT2D eigenvalue weighted by Gasteiger charge is -2.36. The van der Waals surface area contributed by atoms with Crippen molar-refractivity contribution in [3.05, 3.63) is 30.3 Å². The highest BCUT2D eigenvalue weighted by Crippen LogP contribution is 2.10. The monoisotopic (exact) mass is 321 g/mol. The van der Waals surface area contributed by atoms with E-state index in [1.807, 2.05) is 42.2 Å². The molecular weight excluding hydrogens is 294 g/mol. The number of carbonyl (C=O) groups excluding carboxylic acids is 1. The highest BCUT2D eigenvalue weighted by Gasteiger charge is 2.25. The maximum atomic E-state index is 12.0. The summed E-state index contributed by atoms with van der Waals surface area (Å²) in [6, 6.07) is 9.07. The van der Waals surface area contributed by atoms with Crippen LogP contribution >= 0.6 is 0 Å². The second-order valence-corrected chi connectivity index (χ2v) is 5.92. The van der Waals surface area contributed by atoms with E-state index in [0.717, 1.165) is 18.8 Å². The van der Waals surface area contributed by atoms with E-state index in [1.54, 1.807) is 0 Å². The zero-order chi connectivity index (χ0) is 16.7. The largest absolute Gasteiger partial charge is 0.491 e. The summed E-state index contributed by atoms with van der Waals surface area (Å²) < 4.78 is 5.56. The fourth-order valence-corrected chi connectivity index (χ4v) is 2.62. The lowest BCUT2D eigenvalue weighted by atomic mass is 10.2. The van der Waals surface area contributed by atoms with Crippen LogP contribution in [0.1, 0.15) is 13.3 Å². The lowest BCUT2D eigenvalue weighted by molar-refractivity contribution is -0.134. The van der Waals surface area contributed by atoms with Crippen molar-refractivity contribution in [3.63, 3.8) is 0 Å². The first-order valence-electron chi connectivity index (χ1n) is 8.22. The van der Waals surface area contributed by atoms with Crippen LogP contribution in [0.25, 0.3) is 0 Å². The number of carbonyl (C=O) groups is 1. The van der Waals surface area contributed by atoms with E-state index in [9.17, 15) is 9.90 Å². The molecule has 0 aliphatic carbocycles. The molecule has 1 heterocycles. The van der Waals surface area contributed by atoms with Crippen molar-refractivity contribution in [3.8, 4) is 5.75 Å². The first-order valence-corrected chi connectivity index (χ1v) is 8.22. The molecule has 0 bridgehead atoms. The van der Waals surface area contributed by atoms with E-state index in [2.05, 4.69) is 4.90 Å². The first-order chi connectivity index (χ1) is 11.1. The van der Waals surface area contributed by atoms with Gasteiger partial charge in [0, 0.05) is 32.7 Å². The average molecular weight is 321 g/mol. The molecule has 1 aromatic rings. The summed E-state index contributed by atoms with van der Waals surface area (Å²) >= 11 is 0. The van der Waals surface area contributed by atoms with Gasteiger partial charge in [0.2, 0.25) is 5.91 Å². The molecule has 1 amide bonds. The number of hydrogen-bond acceptors (Lipinski definition) is 5. The average Bonchev–Trinajstić information content (AvgIpc) is 2.60. The molecule has 128 valence electrons. The molecule has 1 unspecified atom stereocenters. The van der Waals surface area contributed by atoms with Gasteiger partial charge in [0.15, 0.2) is 0 Å². The van der Waals surface area contributed by atoms with E-state index in [0.29, 0.717) is 26.1 Å². The SMILES string of the molecule is CC[C@H](N)C(=O)N1CCN(CC(O)COc2ccccc2)CC1. The third kappa shape index (κ3) is 5.49. The van der Waals surface area contributed by atoms with Crippen LogP contribution in [0.2, 0.25) is 0 Å².